The van der Waals surface area contributed by atoms with E-state index < -0.39 is 5.91 Å². The van der Waals surface area contributed by atoms with E-state index in [4.69, 9.17) is 5.26 Å². The second-order valence-corrected chi connectivity index (χ2v) is 6.46. The van der Waals surface area contributed by atoms with Gasteiger partial charge in [-0.15, -0.1) is 0 Å². The van der Waals surface area contributed by atoms with Gasteiger partial charge in [0.25, 0.3) is 11.8 Å². The zero-order chi connectivity index (χ0) is 20.1. The molecular weight excluding hydrogens is 354 g/mol. The minimum absolute atomic E-state index is 0.132. The SMILES string of the molecule is CCCCN(C)C(=O)c1nc(C(=O)Nc2ccc(C#N)cc2)n2ccccc12. The molecule has 7 nitrogen and oxygen atoms in total. The highest BCUT2D eigenvalue weighted by molar-refractivity contribution is 6.06. The van der Waals surface area contributed by atoms with E-state index in [1.165, 1.54) is 0 Å². The molecule has 0 fully saturated rings. The van der Waals surface area contributed by atoms with E-state index in [0.29, 0.717) is 23.3 Å². The van der Waals surface area contributed by atoms with Gasteiger partial charge in [-0.25, -0.2) is 4.98 Å². The number of anilines is 1. The molecule has 2 heterocycles. The minimum atomic E-state index is -0.429. The van der Waals surface area contributed by atoms with Crippen molar-refractivity contribution in [3.8, 4) is 6.07 Å². The fraction of sp³-hybridized carbons (Fsp3) is 0.238. The zero-order valence-electron chi connectivity index (χ0n) is 15.8. The smallest absolute Gasteiger partial charge is 0.292 e. The highest BCUT2D eigenvalue weighted by atomic mass is 16.2. The molecule has 0 unspecified atom stereocenters. The predicted molar refractivity (Wildman–Crippen MR) is 106 cm³/mol. The first-order valence-corrected chi connectivity index (χ1v) is 9.09. The Hall–Kier alpha value is -3.66. The fourth-order valence-corrected chi connectivity index (χ4v) is 2.85. The first-order valence-electron chi connectivity index (χ1n) is 9.09. The van der Waals surface area contributed by atoms with Crippen LogP contribution in [0.15, 0.2) is 48.7 Å². The number of nitriles is 1. The molecule has 0 aliphatic carbocycles. The van der Waals surface area contributed by atoms with Crippen LogP contribution in [0.2, 0.25) is 0 Å². The lowest BCUT2D eigenvalue weighted by atomic mass is 10.2. The number of aromatic nitrogens is 2. The molecule has 0 saturated carbocycles. The van der Waals surface area contributed by atoms with E-state index in [1.54, 1.807) is 58.9 Å². The van der Waals surface area contributed by atoms with Crippen molar-refractivity contribution < 1.29 is 9.59 Å². The van der Waals surface area contributed by atoms with Crippen molar-refractivity contribution in [3.05, 3.63) is 65.7 Å². The van der Waals surface area contributed by atoms with E-state index >= 15 is 0 Å². The Labute approximate surface area is 163 Å². The van der Waals surface area contributed by atoms with Gasteiger partial charge < -0.3 is 10.2 Å². The number of imidazole rings is 1. The molecule has 1 aromatic carbocycles. The molecule has 3 rings (SSSR count). The third-order valence-corrected chi connectivity index (χ3v) is 4.42. The van der Waals surface area contributed by atoms with Crippen molar-refractivity contribution >= 4 is 23.0 Å². The molecule has 0 bridgehead atoms. The van der Waals surface area contributed by atoms with Crippen molar-refractivity contribution in [2.45, 2.75) is 19.8 Å². The van der Waals surface area contributed by atoms with Crippen LogP contribution in [0.1, 0.15) is 46.4 Å². The Morgan fingerprint density at radius 3 is 2.64 bits per heavy atom. The third kappa shape index (κ3) is 3.86. The number of nitrogens with one attached hydrogen (secondary N) is 1. The van der Waals surface area contributed by atoms with Gasteiger partial charge in [-0.2, -0.15) is 5.26 Å². The molecule has 0 radical (unpaired) electrons. The summed E-state index contributed by atoms with van der Waals surface area (Å²) in [4.78, 5) is 31.6. The molecule has 142 valence electrons. The summed E-state index contributed by atoms with van der Waals surface area (Å²) >= 11 is 0. The predicted octanol–water partition coefficient (Wildman–Crippen LogP) is 3.33. The minimum Gasteiger partial charge on any atom is -0.340 e. The quantitative estimate of drug-likeness (QED) is 0.715. The maximum Gasteiger partial charge on any atom is 0.292 e. The third-order valence-electron chi connectivity index (χ3n) is 4.42. The molecule has 28 heavy (non-hydrogen) atoms. The molecule has 0 aliphatic heterocycles. The molecular formula is C21H21N5O2. The van der Waals surface area contributed by atoms with Gasteiger partial charge in [0.15, 0.2) is 5.69 Å². The molecule has 3 aromatic rings. The summed E-state index contributed by atoms with van der Waals surface area (Å²) in [6.07, 6.45) is 3.60. The van der Waals surface area contributed by atoms with E-state index in [0.717, 1.165) is 12.8 Å². The summed E-state index contributed by atoms with van der Waals surface area (Å²) in [5.41, 5.74) is 1.89. The van der Waals surface area contributed by atoms with Gasteiger partial charge in [-0.1, -0.05) is 19.4 Å². The van der Waals surface area contributed by atoms with Crippen molar-refractivity contribution in [3.63, 3.8) is 0 Å². The topological polar surface area (TPSA) is 90.5 Å². The number of amides is 2. The lowest BCUT2D eigenvalue weighted by Gasteiger charge is -2.15. The second-order valence-electron chi connectivity index (χ2n) is 6.46. The number of hydrogen-bond acceptors (Lipinski definition) is 4. The Bertz CT molecular complexity index is 1050. The van der Waals surface area contributed by atoms with E-state index in [1.807, 2.05) is 12.1 Å². The van der Waals surface area contributed by atoms with Crippen molar-refractivity contribution in [2.24, 2.45) is 0 Å². The fourth-order valence-electron chi connectivity index (χ4n) is 2.85. The van der Waals surface area contributed by atoms with Gasteiger partial charge in [0.1, 0.15) is 0 Å². The molecule has 7 heteroatoms. The van der Waals surface area contributed by atoms with Gasteiger partial charge in [0, 0.05) is 25.5 Å². The largest absolute Gasteiger partial charge is 0.340 e. The van der Waals surface area contributed by atoms with E-state index in [-0.39, 0.29) is 17.4 Å². The van der Waals surface area contributed by atoms with Crippen molar-refractivity contribution in [2.75, 3.05) is 18.9 Å². The lowest BCUT2D eigenvalue weighted by molar-refractivity contribution is 0.0790. The van der Waals surface area contributed by atoms with Gasteiger partial charge in [-0.05, 0) is 42.8 Å². The lowest BCUT2D eigenvalue weighted by Crippen LogP contribution is -2.28. The summed E-state index contributed by atoms with van der Waals surface area (Å²) in [6, 6.07) is 13.9. The molecule has 0 aliphatic rings. The Morgan fingerprint density at radius 2 is 1.96 bits per heavy atom. The normalized spacial score (nSPS) is 10.5. The second kappa shape index (κ2) is 8.35. The zero-order valence-corrected chi connectivity index (χ0v) is 15.8. The Morgan fingerprint density at radius 1 is 1.21 bits per heavy atom. The van der Waals surface area contributed by atoms with Crippen LogP contribution >= 0.6 is 0 Å². The number of carbonyl (C=O) groups is 2. The summed E-state index contributed by atoms with van der Waals surface area (Å²) in [7, 11) is 1.74. The summed E-state index contributed by atoms with van der Waals surface area (Å²) in [6.45, 7) is 2.70. The number of nitrogens with zero attached hydrogens (tertiary/aromatic N) is 4. The monoisotopic (exact) mass is 375 g/mol. The Balaban J connectivity index is 1.92. The van der Waals surface area contributed by atoms with Gasteiger partial charge >= 0.3 is 0 Å². The number of rotatable bonds is 6. The van der Waals surface area contributed by atoms with Gasteiger partial charge in [-0.3, -0.25) is 14.0 Å². The van der Waals surface area contributed by atoms with Crippen LogP contribution in [-0.2, 0) is 0 Å². The van der Waals surface area contributed by atoms with Crippen LogP contribution < -0.4 is 5.32 Å². The van der Waals surface area contributed by atoms with Crippen LogP contribution in [0.5, 0.6) is 0 Å². The molecule has 0 spiro atoms. The van der Waals surface area contributed by atoms with Crippen LogP contribution in [0, 0.1) is 11.3 Å². The van der Waals surface area contributed by atoms with Gasteiger partial charge in [0.2, 0.25) is 5.82 Å². The summed E-state index contributed by atoms with van der Waals surface area (Å²) < 4.78 is 1.61. The van der Waals surface area contributed by atoms with Gasteiger partial charge in [0.05, 0.1) is 17.1 Å². The number of pyridine rings is 1. The highest BCUT2D eigenvalue weighted by Gasteiger charge is 2.23. The maximum atomic E-state index is 12.8. The Kier molecular flexibility index (Phi) is 5.70. The summed E-state index contributed by atoms with van der Waals surface area (Å²) in [5, 5.41) is 11.6. The number of fused-ring (bicyclic) bond motifs is 1. The van der Waals surface area contributed by atoms with E-state index in [2.05, 4.69) is 17.2 Å². The summed E-state index contributed by atoms with van der Waals surface area (Å²) in [5.74, 6) is -0.511. The first kappa shape index (κ1) is 19.1. The molecule has 0 saturated heterocycles. The number of hydrogen-bond donors (Lipinski definition) is 1. The average Bonchev–Trinajstić information content (AvgIpc) is 3.11. The molecule has 1 N–H and O–H groups in total. The van der Waals surface area contributed by atoms with Crippen molar-refractivity contribution in [1.29, 1.82) is 5.26 Å². The maximum absolute atomic E-state index is 12.8. The van der Waals surface area contributed by atoms with Crippen LogP contribution in [0.25, 0.3) is 5.52 Å². The highest BCUT2D eigenvalue weighted by Crippen LogP contribution is 2.17. The first-order chi connectivity index (χ1) is 13.5. The van der Waals surface area contributed by atoms with Crippen LogP contribution in [0.3, 0.4) is 0 Å². The number of benzene rings is 1. The van der Waals surface area contributed by atoms with Crippen molar-refractivity contribution in [1.82, 2.24) is 14.3 Å². The van der Waals surface area contributed by atoms with Crippen LogP contribution in [0.4, 0.5) is 5.69 Å². The standard InChI is InChI=1S/C21H21N5O2/c1-3-4-12-25(2)21(28)18-17-7-5-6-13-26(17)19(24-18)20(27)23-16-10-8-15(14-22)9-11-16/h5-11,13H,3-4,12H2,1-2H3,(H,23,27). The molecule has 2 aromatic heterocycles. The average molecular weight is 375 g/mol. The van der Waals surface area contributed by atoms with E-state index in [9.17, 15) is 9.59 Å². The molecule has 2 amide bonds. The number of unbranched alkanes of at least 4 members (excludes halogenated alkanes) is 1. The number of carbonyl (C=O) groups excluding carboxylic acids is 2. The molecule has 0 atom stereocenters. The van der Waals surface area contributed by atoms with Crippen LogP contribution in [-0.4, -0.2) is 39.7 Å².